The summed E-state index contributed by atoms with van der Waals surface area (Å²) in [4.78, 5) is 20.8. The third kappa shape index (κ3) is 3.55. The maximum atomic E-state index is 11.3. The van der Waals surface area contributed by atoms with Crippen LogP contribution in [0.15, 0.2) is 34.3 Å². The van der Waals surface area contributed by atoms with Crippen molar-refractivity contribution in [3.05, 3.63) is 46.2 Å². The van der Waals surface area contributed by atoms with Crippen molar-refractivity contribution in [1.29, 1.82) is 0 Å². The first-order valence-electron chi connectivity index (χ1n) is 5.76. The number of aromatic nitrogens is 2. The van der Waals surface area contributed by atoms with Crippen LogP contribution in [0, 0.1) is 13.8 Å². The summed E-state index contributed by atoms with van der Waals surface area (Å²) in [6.07, 6.45) is 0. The van der Waals surface area contributed by atoms with E-state index in [2.05, 4.69) is 9.97 Å². The molecule has 0 aliphatic heterocycles. The molecule has 0 amide bonds. The molecule has 0 unspecified atom stereocenters. The number of hydrogen-bond acceptors (Lipinski definition) is 4. The smallest absolute Gasteiger partial charge is 0.192 e. The second-order valence-electron chi connectivity index (χ2n) is 4.24. The van der Waals surface area contributed by atoms with Crippen LogP contribution in [0.25, 0.3) is 0 Å². The van der Waals surface area contributed by atoms with Gasteiger partial charge >= 0.3 is 0 Å². The molecule has 3 nitrogen and oxygen atoms in total. The molecule has 0 aliphatic carbocycles. The fraction of sp³-hybridized carbons (Fsp3) is 0.214. The minimum atomic E-state index is 0.00102. The van der Waals surface area contributed by atoms with E-state index in [-0.39, 0.29) is 5.78 Å². The highest BCUT2D eigenvalue weighted by molar-refractivity contribution is 7.99. The molecule has 1 heterocycles. The van der Waals surface area contributed by atoms with Crippen molar-refractivity contribution < 1.29 is 4.79 Å². The van der Waals surface area contributed by atoms with E-state index >= 15 is 0 Å². The van der Waals surface area contributed by atoms with Gasteiger partial charge in [0.25, 0.3) is 0 Å². The maximum Gasteiger partial charge on any atom is 0.192 e. The number of rotatable bonds is 3. The molecule has 0 bridgehead atoms. The lowest BCUT2D eigenvalue weighted by atomic mass is 10.1. The molecule has 1 aromatic heterocycles. The van der Waals surface area contributed by atoms with Gasteiger partial charge in [-0.05, 0) is 50.7 Å². The first-order valence-corrected chi connectivity index (χ1v) is 6.96. The minimum Gasteiger partial charge on any atom is -0.295 e. The van der Waals surface area contributed by atoms with Crippen LogP contribution < -0.4 is 0 Å². The monoisotopic (exact) mass is 292 g/mol. The Balaban J connectivity index is 2.30. The Morgan fingerprint density at radius 2 is 1.79 bits per heavy atom. The molecule has 0 spiro atoms. The van der Waals surface area contributed by atoms with Crippen molar-refractivity contribution in [3.8, 4) is 0 Å². The standard InChI is InChI=1S/C14H13ClN2OS/c1-8-6-9(2)17-14(16-8)19-13-5-4-11(10(3)18)7-12(13)15/h4-7H,1-3H3. The zero-order valence-corrected chi connectivity index (χ0v) is 12.5. The molecule has 0 saturated heterocycles. The van der Waals surface area contributed by atoms with Gasteiger partial charge in [0.05, 0.1) is 5.02 Å². The van der Waals surface area contributed by atoms with Gasteiger partial charge in [-0.2, -0.15) is 0 Å². The van der Waals surface area contributed by atoms with E-state index in [1.807, 2.05) is 26.0 Å². The Labute approximate surface area is 121 Å². The van der Waals surface area contributed by atoms with E-state index < -0.39 is 0 Å². The Hall–Kier alpha value is -1.39. The Bertz CT molecular complexity index is 623. The van der Waals surface area contributed by atoms with Crippen LogP contribution >= 0.6 is 23.4 Å². The van der Waals surface area contributed by atoms with Crippen LogP contribution in [0.4, 0.5) is 0 Å². The molecule has 0 fully saturated rings. The Morgan fingerprint density at radius 1 is 1.16 bits per heavy atom. The third-order valence-electron chi connectivity index (χ3n) is 2.50. The van der Waals surface area contributed by atoms with Gasteiger partial charge in [-0.3, -0.25) is 4.79 Å². The van der Waals surface area contributed by atoms with Crippen LogP contribution in [0.5, 0.6) is 0 Å². The van der Waals surface area contributed by atoms with Gasteiger partial charge in [-0.1, -0.05) is 17.7 Å². The summed E-state index contributed by atoms with van der Waals surface area (Å²) in [5.41, 5.74) is 2.45. The van der Waals surface area contributed by atoms with E-state index in [4.69, 9.17) is 11.6 Å². The zero-order valence-electron chi connectivity index (χ0n) is 10.9. The van der Waals surface area contributed by atoms with Crippen LogP contribution in [0.1, 0.15) is 28.7 Å². The summed E-state index contributed by atoms with van der Waals surface area (Å²) in [6.45, 7) is 5.38. The molecule has 0 aliphatic rings. The summed E-state index contributed by atoms with van der Waals surface area (Å²) in [6, 6.07) is 7.18. The SMILES string of the molecule is CC(=O)c1ccc(Sc2nc(C)cc(C)n2)c(Cl)c1. The predicted molar refractivity (Wildman–Crippen MR) is 77.1 cm³/mol. The number of aryl methyl sites for hydroxylation is 2. The van der Waals surface area contributed by atoms with Gasteiger partial charge < -0.3 is 0 Å². The molecule has 0 N–H and O–H groups in total. The first-order chi connectivity index (χ1) is 8.95. The van der Waals surface area contributed by atoms with Crippen molar-refractivity contribution in [2.24, 2.45) is 0 Å². The van der Waals surface area contributed by atoms with Crippen LogP contribution in [0.2, 0.25) is 5.02 Å². The van der Waals surface area contributed by atoms with E-state index in [0.29, 0.717) is 15.7 Å². The summed E-state index contributed by atoms with van der Waals surface area (Å²) in [7, 11) is 0. The average molecular weight is 293 g/mol. The highest BCUT2D eigenvalue weighted by atomic mass is 35.5. The minimum absolute atomic E-state index is 0.00102. The number of carbonyl (C=O) groups excluding carboxylic acids is 1. The van der Waals surface area contributed by atoms with Gasteiger partial charge in [-0.15, -0.1) is 0 Å². The van der Waals surface area contributed by atoms with Gasteiger partial charge in [0.2, 0.25) is 0 Å². The second-order valence-corrected chi connectivity index (χ2v) is 5.65. The molecule has 98 valence electrons. The van der Waals surface area contributed by atoms with Gasteiger partial charge in [0.1, 0.15) is 0 Å². The Kier molecular flexibility index (Phi) is 4.22. The number of benzene rings is 1. The van der Waals surface area contributed by atoms with Crippen molar-refractivity contribution in [3.63, 3.8) is 0 Å². The quantitative estimate of drug-likeness (QED) is 0.631. The van der Waals surface area contributed by atoms with Crippen molar-refractivity contribution >= 4 is 29.1 Å². The fourth-order valence-corrected chi connectivity index (χ4v) is 2.80. The van der Waals surface area contributed by atoms with Gasteiger partial charge in [-0.25, -0.2) is 9.97 Å². The number of nitrogens with zero attached hydrogens (tertiary/aromatic N) is 2. The number of halogens is 1. The fourth-order valence-electron chi connectivity index (χ4n) is 1.64. The molecule has 2 rings (SSSR count). The largest absolute Gasteiger partial charge is 0.295 e. The molecule has 0 radical (unpaired) electrons. The van der Waals surface area contributed by atoms with E-state index in [9.17, 15) is 4.79 Å². The molecule has 19 heavy (non-hydrogen) atoms. The lowest BCUT2D eigenvalue weighted by Gasteiger charge is -2.06. The van der Waals surface area contributed by atoms with Crippen LogP contribution in [0.3, 0.4) is 0 Å². The zero-order chi connectivity index (χ0) is 14.0. The normalized spacial score (nSPS) is 10.5. The van der Waals surface area contributed by atoms with Crippen molar-refractivity contribution in [1.82, 2.24) is 9.97 Å². The number of Topliss-reactive ketones (excluding diaryl/α,β-unsaturated/α-hetero) is 1. The van der Waals surface area contributed by atoms with Gasteiger partial charge in [0.15, 0.2) is 10.9 Å². The topological polar surface area (TPSA) is 42.9 Å². The first kappa shape index (κ1) is 14.0. The molecular formula is C14H13ClN2OS. The summed E-state index contributed by atoms with van der Waals surface area (Å²) >= 11 is 7.57. The highest BCUT2D eigenvalue weighted by Gasteiger charge is 2.09. The van der Waals surface area contributed by atoms with E-state index in [0.717, 1.165) is 16.3 Å². The predicted octanol–water partition coefficient (Wildman–Crippen LogP) is 4.10. The second kappa shape index (κ2) is 5.72. The Morgan fingerprint density at radius 3 is 2.32 bits per heavy atom. The van der Waals surface area contributed by atoms with Crippen molar-refractivity contribution in [2.75, 3.05) is 0 Å². The van der Waals surface area contributed by atoms with Crippen LogP contribution in [-0.2, 0) is 0 Å². The number of ketones is 1. The average Bonchev–Trinajstić information content (AvgIpc) is 2.30. The lowest BCUT2D eigenvalue weighted by molar-refractivity contribution is 0.101. The number of carbonyl (C=O) groups is 1. The van der Waals surface area contributed by atoms with Crippen LogP contribution in [-0.4, -0.2) is 15.8 Å². The summed E-state index contributed by atoms with van der Waals surface area (Å²) < 4.78 is 0. The van der Waals surface area contributed by atoms with E-state index in [1.54, 1.807) is 12.1 Å². The number of hydrogen-bond donors (Lipinski definition) is 0. The molecule has 0 saturated carbocycles. The summed E-state index contributed by atoms with van der Waals surface area (Å²) in [5.74, 6) is 0.00102. The molecule has 5 heteroatoms. The highest BCUT2D eigenvalue weighted by Crippen LogP contribution is 2.32. The van der Waals surface area contributed by atoms with Crippen molar-refractivity contribution in [2.45, 2.75) is 30.8 Å². The summed E-state index contributed by atoms with van der Waals surface area (Å²) in [5, 5.41) is 1.20. The lowest BCUT2D eigenvalue weighted by Crippen LogP contribution is -1.94. The molecule has 2 aromatic rings. The maximum absolute atomic E-state index is 11.3. The molecular weight excluding hydrogens is 280 g/mol. The van der Waals surface area contributed by atoms with E-state index in [1.165, 1.54) is 18.7 Å². The molecule has 0 atom stereocenters. The third-order valence-corrected chi connectivity index (χ3v) is 3.87. The molecule has 1 aromatic carbocycles. The van der Waals surface area contributed by atoms with Gasteiger partial charge in [0, 0.05) is 21.8 Å².